The maximum absolute atomic E-state index is 13.8. The van der Waals surface area contributed by atoms with Crippen molar-refractivity contribution in [3.63, 3.8) is 0 Å². The Morgan fingerprint density at radius 1 is 0.886 bits per heavy atom. The lowest BCUT2D eigenvalue weighted by molar-refractivity contribution is -0.129. The predicted molar refractivity (Wildman–Crippen MR) is 130 cm³/mol. The van der Waals surface area contributed by atoms with Crippen molar-refractivity contribution in [1.82, 2.24) is 5.01 Å². The maximum Gasteiger partial charge on any atom is 0.249 e. The summed E-state index contributed by atoms with van der Waals surface area (Å²) in [7, 11) is 1.55. The van der Waals surface area contributed by atoms with Crippen LogP contribution in [0, 0.1) is 11.8 Å². The van der Waals surface area contributed by atoms with Gasteiger partial charge in [-0.15, -0.1) is 0 Å². The predicted octanol–water partition coefficient (Wildman–Crippen LogP) is 3.21. The molecule has 0 unspecified atom stereocenters. The van der Waals surface area contributed by atoms with E-state index in [2.05, 4.69) is 10.4 Å². The summed E-state index contributed by atoms with van der Waals surface area (Å²) >= 11 is 0. The minimum atomic E-state index is -0.936. The Morgan fingerprint density at radius 2 is 1.57 bits per heavy atom. The lowest BCUT2D eigenvalue weighted by atomic mass is 9.85. The first-order valence-corrected chi connectivity index (χ1v) is 11.4. The van der Waals surface area contributed by atoms with Crippen molar-refractivity contribution < 1.29 is 19.1 Å². The van der Waals surface area contributed by atoms with E-state index in [0.29, 0.717) is 17.1 Å². The van der Waals surface area contributed by atoms with Crippen LogP contribution < -0.4 is 15.0 Å². The van der Waals surface area contributed by atoms with E-state index in [9.17, 15) is 14.4 Å². The lowest BCUT2D eigenvalue weighted by Crippen LogP contribution is -2.46. The van der Waals surface area contributed by atoms with E-state index >= 15 is 0 Å². The topological polar surface area (TPSA) is 91.3 Å². The van der Waals surface area contributed by atoms with Crippen LogP contribution in [-0.2, 0) is 14.4 Å². The number of benzene rings is 3. The van der Waals surface area contributed by atoms with E-state index in [1.807, 2.05) is 42.5 Å². The molecule has 6 rings (SSSR count). The molecule has 3 aromatic rings. The normalized spacial score (nSPS) is 24.1. The molecular weight excluding hydrogens is 444 g/mol. The largest absolute Gasteiger partial charge is 0.497 e. The fourth-order valence-electron chi connectivity index (χ4n) is 5.39. The van der Waals surface area contributed by atoms with E-state index in [0.717, 1.165) is 11.1 Å². The number of para-hydroxylation sites is 1. The molecule has 3 aliphatic heterocycles. The Morgan fingerprint density at radius 3 is 2.31 bits per heavy atom. The molecule has 4 atom stereocenters. The Balaban J connectivity index is 1.43. The quantitative estimate of drug-likeness (QED) is 0.597. The SMILES string of the molecule is COc1ccc(N2C(=O)[C@@H]3[C@H](C2=O)[C@H]2c4ccccc4C=NN2[C@H]3C(=O)Nc2ccccc2)cc1. The number of hydrazone groups is 1. The maximum atomic E-state index is 13.8. The summed E-state index contributed by atoms with van der Waals surface area (Å²) in [6.45, 7) is 0. The van der Waals surface area contributed by atoms with Crippen LogP contribution in [0.5, 0.6) is 5.75 Å². The highest BCUT2D eigenvalue weighted by Gasteiger charge is 2.65. The lowest BCUT2D eigenvalue weighted by Gasteiger charge is -2.33. The second kappa shape index (κ2) is 8.09. The van der Waals surface area contributed by atoms with Crippen LogP contribution in [0.2, 0.25) is 0 Å². The van der Waals surface area contributed by atoms with E-state index < -0.39 is 29.8 Å². The van der Waals surface area contributed by atoms with Crippen LogP contribution in [0.4, 0.5) is 11.4 Å². The monoisotopic (exact) mass is 466 g/mol. The van der Waals surface area contributed by atoms with Gasteiger partial charge in [0.05, 0.1) is 36.9 Å². The van der Waals surface area contributed by atoms with Gasteiger partial charge in [0.15, 0.2) is 0 Å². The van der Waals surface area contributed by atoms with E-state index in [-0.39, 0.29) is 11.8 Å². The average molecular weight is 466 g/mol. The summed E-state index contributed by atoms with van der Waals surface area (Å²) in [6.07, 6.45) is 1.69. The number of amides is 3. The highest BCUT2D eigenvalue weighted by atomic mass is 16.5. The third-order valence-electron chi connectivity index (χ3n) is 6.93. The van der Waals surface area contributed by atoms with Crippen molar-refractivity contribution in [3.8, 4) is 5.75 Å². The summed E-state index contributed by atoms with van der Waals surface area (Å²) in [5.74, 6) is -2.10. The van der Waals surface area contributed by atoms with Gasteiger partial charge in [0, 0.05) is 5.69 Å². The minimum Gasteiger partial charge on any atom is -0.497 e. The molecule has 0 aliphatic carbocycles. The van der Waals surface area contributed by atoms with Gasteiger partial charge in [-0.1, -0.05) is 42.5 Å². The highest BCUT2D eigenvalue weighted by molar-refractivity contribution is 6.24. The molecule has 174 valence electrons. The third kappa shape index (κ3) is 3.21. The van der Waals surface area contributed by atoms with Crippen LogP contribution in [0.25, 0.3) is 0 Å². The minimum absolute atomic E-state index is 0.331. The highest BCUT2D eigenvalue weighted by Crippen LogP contribution is 2.52. The molecule has 3 amide bonds. The average Bonchev–Trinajstić information content (AvgIpc) is 3.37. The van der Waals surface area contributed by atoms with Crippen molar-refractivity contribution in [2.45, 2.75) is 12.1 Å². The Hall–Kier alpha value is -4.46. The Bertz CT molecular complexity index is 1360. The van der Waals surface area contributed by atoms with Crippen molar-refractivity contribution in [2.75, 3.05) is 17.3 Å². The van der Waals surface area contributed by atoms with Crippen molar-refractivity contribution in [2.24, 2.45) is 16.9 Å². The second-order valence-electron chi connectivity index (χ2n) is 8.76. The van der Waals surface area contributed by atoms with Crippen LogP contribution in [0.15, 0.2) is 84.0 Å². The molecule has 2 saturated heterocycles. The molecule has 8 heteroatoms. The number of hydrogen-bond acceptors (Lipinski definition) is 6. The molecular formula is C27H22N4O4. The van der Waals surface area contributed by atoms with Crippen molar-refractivity contribution in [1.29, 1.82) is 0 Å². The van der Waals surface area contributed by atoms with E-state index in [4.69, 9.17) is 4.74 Å². The summed E-state index contributed by atoms with van der Waals surface area (Å²) in [5.41, 5.74) is 2.82. The summed E-state index contributed by atoms with van der Waals surface area (Å²) < 4.78 is 5.21. The smallest absolute Gasteiger partial charge is 0.249 e. The zero-order chi connectivity index (χ0) is 24.1. The van der Waals surface area contributed by atoms with Gasteiger partial charge in [-0.05, 0) is 47.5 Å². The van der Waals surface area contributed by atoms with Gasteiger partial charge in [0.2, 0.25) is 17.7 Å². The molecule has 3 aromatic carbocycles. The molecule has 0 bridgehead atoms. The fraction of sp³-hybridized carbons (Fsp3) is 0.185. The first-order chi connectivity index (χ1) is 17.1. The first kappa shape index (κ1) is 21.1. The standard InChI is InChI=1S/C27H22N4O4/c1-35-19-13-11-18(12-14-19)30-26(33)21-22(27(30)34)24(25(32)29-17-8-3-2-4-9-17)31-23(21)20-10-6-5-7-16(20)15-28-31/h2-15,21-24H,1H3,(H,29,32)/t21-,22+,23+,24+/m0/s1. The molecule has 0 spiro atoms. The summed E-state index contributed by atoms with van der Waals surface area (Å²) in [4.78, 5) is 42.4. The van der Waals surface area contributed by atoms with Gasteiger partial charge in [-0.2, -0.15) is 5.10 Å². The number of hydrogen-bond donors (Lipinski definition) is 1. The van der Waals surface area contributed by atoms with Gasteiger partial charge in [0.1, 0.15) is 11.8 Å². The van der Waals surface area contributed by atoms with Crippen molar-refractivity contribution >= 4 is 35.3 Å². The van der Waals surface area contributed by atoms with Gasteiger partial charge < -0.3 is 10.1 Å². The fourth-order valence-corrected chi connectivity index (χ4v) is 5.39. The van der Waals surface area contributed by atoms with Gasteiger partial charge in [0.25, 0.3) is 0 Å². The number of nitrogens with zero attached hydrogens (tertiary/aromatic N) is 3. The van der Waals surface area contributed by atoms with Crippen LogP contribution in [0.1, 0.15) is 17.2 Å². The molecule has 3 aliphatic rings. The third-order valence-corrected chi connectivity index (χ3v) is 6.93. The van der Waals surface area contributed by atoms with Crippen molar-refractivity contribution in [3.05, 3.63) is 90.0 Å². The number of imide groups is 1. The molecule has 0 aromatic heterocycles. The first-order valence-electron chi connectivity index (χ1n) is 11.4. The molecule has 0 radical (unpaired) electrons. The molecule has 8 nitrogen and oxygen atoms in total. The molecule has 3 heterocycles. The second-order valence-corrected chi connectivity index (χ2v) is 8.76. The zero-order valence-corrected chi connectivity index (χ0v) is 18.9. The van der Waals surface area contributed by atoms with Crippen LogP contribution >= 0.6 is 0 Å². The zero-order valence-electron chi connectivity index (χ0n) is 18.9. The molecule has 0 saturated carbocycles. The number of carbonyl (C=O) groups excluding carboxylic acids is 3. The number of ether oxygens (including phenoxy) is 1. The van der Waals surface area contributed by atoms with Gasteiger partial charge >= 0.3 is 0 Å². The van der Waals surface area contributed by atoms with E-state index in [1.54, 1.807) is 54.7 Å². The number of nitrogens with one attached hydrogen (secondary N) is 1. The number of carbonyl (C=O) groups is 3. The number of methoxy groups -OCH3 is 1. The number of anilines is 2. The Kier molecular flexibility index (Phi) is 4.88. The van der Waals surface area contributed by atoms with Crippen LogP contribution in [0.3, 0.4) is 0 Å². The Labute approximate surface area is 201 Å². The van der Waals surface area contributed by atoms with E-state index in [1.165, 1.54) is 4.90 Å². The molecule has 35 heavy (non-hydrogen) atoms. The summed E-state index contributed by atoms with van der Waals surface area (Å²) in [5, 5.41) is 9.10. The van der Waals surface area contributed by atoms with Crippen LogP contribution in [-0.4, -0.2) is 42.1 Å². The number of rotatable bonds is 4. The molecule has 2 fully saturated rings. The van der Waals surface area contributed by atoms with Gasteiger partial charge in [-0.25, -0.2) is 4.90 Å². The number of fused-ring (bicyclic) bond motifs is 5. The summed E-state index contributed by atoms with van der Waals surface area (Å²) in [6, 6.07) is 22.0. The molecule has 1 N–H and O–H groups in total. The van der Waals surface area contributed by atoms with Gasteiger partial charge in [-0.3, -0.25) is 19.4 Å².